The van der Waals surface area contributed by atoms with Crippen molar-refractivity contribution in [3.63, 3.8) is 0 Å². The number of benzene rings is 3. The van der Waals surface area contributed by atoms with E-state index in [4.69, 9.17) is 0 Å². The fourth-order valence-corrected chi connectivity index (χ4v) is 5.07. The molecule has 184 valence electrons. The first-order valence-corrected chi connectivity index (χ1v) is 12.7. The molecule has 2 aliphatic rings. The van der Waals surface area contributed by atoms with E-state index >= 15 is 0 Å². The molecule has 0 bridgehead atoms. The van der Waals surface area contributed by atoms with Crippen LogP contribution in [0.25, 0.3) is 0 Å². The van der Waals surface area contributed by atoms with Crippen molar-refractivity contribution in [2.45, 2.75) is 6.04 Å². The van der Waals surface area contributed by atoms with Crippen molar-refractivity contribution in [2.24, 2.45) is 10.2 Å². The fraction of sp³-hybridized carbons (Fsp3) is 0.222. The van der Waals surface area contributed by atoms with Crippen molar-refractivity contribution in [2.75, 3.05) is 36.8 Å². The summed E-state index contributed by atoms with van der Waals surface area (Å²) in [5.74, 6) is -0.219. The predicted octanol–water partition coefficient (Wildman–Crippen LogP) is 4.43. The van der Waals surface area contributed by atoms with Gasteiger partial charge in [-0.3, -0.25) is 9.69 Å². The minimum absolute atomic E-state index is 0.0555. The molecule has 0 radical (unpaired) electrons. The summed E-state index contributed by atoms with van der Waals surface area (Å²) in [6.07, 6.45) is 1.66. The zero-order valence-corrected chi connectivity index (χ0v) is 20.3. The van der Waals surface area contributed by atoms with Crippen LogP contribution in [0.4, 0.5) is 14.5 Å². The topological polar surface area (TPSA) is 60.3 Å². The van der Waals surface area contributed by atoms with Gasteiger partial charge in [0.15, 0.2) is 5.17 Å². The van der Waals surface area contributed by atoms with Crippen molar-refractivity contribution in [1.29, 1.82) is 0 Å². The molecule has 0 unspecified atom stereocenters. The van der Waals surface area contributed by atoms with Crippen LogP contribution in [0.5, 0.6) is 0 Å². The van der Waals surface area contributed by atoms with E-state index in [0.717, 1.165) is 48.6 Å². The molecule has 1 N–H and O–H groups in total. The van der Waals surface area contributed by atoms with Crippen LogP contribution in [0.15, 0.2) is 83.0 Å². The third-order valence-corrected chi connectivity index (χ3v) is 7.11. The lowest BCUT2D eigenvalue weighted by Gasteiger charge is -2.40. The van der Waals surface area contributed by atoms with E-state index in [1.807, 2.05) is 12.1 Å². The molecule has 0 spiro atoms. The Morgan fingerprint density at radius 2 is 1.42 bits per heavy atom. The molecule has 2 aliphatic heterocycles. The van der Waals surface area contributed by atoms with E-state index < -0.39 is 0 Å². The summed E-state index contributed by atoms with van der Waals surface area (Å²) in [6, 6.07) is 21.2. The van der Waals surface area contributed by atoms with Gasteiger partial charge in [0, 0.05) is 31.9 Å². The van der Waals surface area contributed by atoms with Crippen molar-refractivity contribution >= 4 is 34.7 Å². The zero-order chi connectivity index (χ0) is 24.9. The Bertz CT molecular complexity index is 1210. The first kappa shape index (κ1) is 24.1. The summed E-state index contributed by atoms with van der Waals surface area (Å²) in [5, 5.41) is 11.2. The number of anilines is 1. The van der Waals surface area contributed by atoms with Crippen molar-refractivity contribution < 1.29 is 13.6 Å². The summed E-state index contributed by atoms with van der Waals surface area (Å²) in [4.78, 5) is 15.9. The molecule has 3 aromatic carbocycles. The van der Waals surface area contributed by atoms with Gasteiger partial charge in [-0.05, 0) is 53.1 Å². The molecule has 9 heteroatoms. The van der Waals surface area contributed by atoms with E-state index in [1.54, 1.807) is 30.5 Å². The number of thioether (sulfide) groups is 1. The number of hydrogen-bond acceptors (Lipinski definition) is 6. The quantitative estimate of drug-likeness (QED) is 0.398. The number of amides is 1. The largest absolute Gasteiger partial charge is 0.369 e. The zero-order valence-electron chi connectivity index (χ0n) is 19.5. The lowest BCUT2D eigenvalue weighted by molar-refractivity contribution is -0.116. The Kier molecular flexibility index (Phi) is 7.39. The Balaban J connectivity index is 1.24. The molecule has 0 atom stereocenters. The van der Waals surface area contributed by atoms with Gasteiger partial charge in [-0.2, -0.15) is 5.10 Å². The predicted molar refractivity (Wildman–Crippen MR) is 141 cm³/mol. The van der Waals surface area contributed by atoms with E-state index in [0.29, 0.717) is 10.9 Å². The second-order valence-electron chi connectivity index (χ2n) is 8.61. The van der Waals surface area contributed by atoms with E-state index in [9.17, 15) is 13.6 Å². The highest BCUT2D eigenvalue weighted by molar-refractivity contribution is 8.15. The molecule has 1 amide bonds. The highest BCUT2D eigenvalue weighted by Crippen LogP contribution is 2.31. The molecule has 6 nitrogen and oxygen atoms in total. The molecule has 0 aromatic heterocycles. The van der Waals surface area contributed by atoms with Crippen molar-refractivity contribution in [1.82, 2.24) is 10.2 Å². The molecule has 5 rings (SSSR count). The highest BCUT2D eigenvalue weighted by Gasteiger charge is 2.26. The Hall–Kier alpha value is -3.56. The van der Waals surface area contributed by atoms with Gasteiger partial charge >= 0.3 is 0 Å². The second-order valence-corrected chi connectivity index (χ2v) is 9.57. The van der Waals surface area contributed by atoms with Crippen LogP contribution in [-0.2, 0) is 4.79 Å². The van der Waals surface area contributed by atoms with Gasteiger partial charge in [0.2, 0.25) is 5.91 Å². The fourth-order valence-electron chi connectivity index (χ4n) is 4.44. The standard InChI is InChI=1S/C27H25F2N5OS/c28-22-7-3-20(4-8-22)26(21-5-9-23(29)10-6-21)34-15-13-33(14-16-34)24-11-1-19(2-12-24)17-30-32-27-31-25(35)18-36-27/h1-12,17,26H,13-16,18H2,(H,31,32,35). The van der Waals surface area contributed by atoms with Crippen LogP contribution in [0.1, 0.15) is 22.7 Å². The third kappa shape index (κ3) is 5.80. The monoisotopic (exact) mass is 505 g/mol. The average Bonchev–Trinajstić information content (AvgIpc) is 3.32. The SMILES string of the molecule is O=C1CSC(=NN=Cc2ccc(N3CCN(C(c4ccc(F)cc4)c4ccc(F)cc4)CC3)cc2)N1. The Morgan fingerprint density at radius 1 is 0.833 bits per heavy atom. The first-order chi connectivity index (χ1) is 17.5. The first-order valence-electron chi connectivity index (χ1n) is 11.7. The number of carbonyl (C=O) groups excluding carboxylic acids is 1. The molecule has 0 saturated carbocycles. The molecular weight excluding hydrogens is 480 g/mol. The van der Waals surface area contributed by atoms with Crippen LogP contribution in [0.3, 0.4) is 0 Å². The molecule has 2 fully saturated rings. The number of hydrogen-bond donors (Lipinski definition) is 1. The Labute approximate surface area is 212 Å². The highest BCUT2D eigenvalue weighted by atomic mass is 32.2. The van der Waals surface area contributed by atoms with Gasteiger partial charge in [-0.25, -0.2) is 8.78 Å². The summed E-state index contributed by atoms with van der Waals surface area (Å²) in [6.45, 7) is 3.28. The van der Waals surface area contributed by atoms with E-state index in [-0.39, 0.29) is 23.6 Å². The van der Waals surface area contributed by atoms with E-state index in [2.05, 4.69) is 37.5 Å². The smallest absolute Gasteiger partial charge is 0.236 e. The van der Waals surface area contributed by atoms with Gasteiger partial charge < -0.3 is 10.2 Å². The van der Waals surface area contributed by atoms with Crippen molar-refractivity contribution in [3.8, 4) is 0 Å². The number of rotatable bonds is 6. The molecule has 2 heterocycles. The second kappa shape index (κ2) is 11.0. The number of nitrogens with zero attached hydrogens (tertiary/aromatic N) is 4. The average molecular weight is 506 g/mol. The van der Waals surface area contributed by atoms with E-state index in [1.165, 1.54) is 36.0 Å². The van der Waals surface area contributed by atoms with Gasteiger partial charge in [-0.15, -0.1) is 5.10 Å². The lowest BCUT2D eigenvalue weighted by atomic mass is 9.96. The maximum Gasteiger partial charge on any atom is 0.236 e. The van der Waals surface area contributed by atoms with Gasteiger partial charge in [-0.1, -0.05) is 48.2 Å². The minimum atomic E-state index is -0.272. The number of nitrogens with one attached hydrogen (secondary N) is 1. The summed E-state index contributed by atoms with van der Waals surface area (Å²) in [5.41, 5.74) is 4.01. The Morgan fingerprint density at radius 3 is 1.94 bits per heavy atom. The van der Waals surface area contributed by atoms with Crippen LogP contribution in [-0.4, -0.2) is 54.1 Å². The molecule has 36 heavy (non-hydrogen) atoms. The van der Waals surface area contributed by atoms with Crippen LogP contribution >= 0.6 is 11.8 Å². The van der Waals surface area contributed by atoms with Gasteiger partial charge in [0.05, 0.1) is 18.0 Å². The summed E-state index contributed by atoms with van der Waals surface area (Å²) >= 11 is 1.34. The summed E-state index contributed by atoms with van der Waals surface area (Å²) in [7, 11) is 0. The number of carbonyl (C=O) groups is 1. The normalized spacial score (nSPS) is 17.9. The van der Waals surface area contributed by atoms with Crippen LogP contribution in [0, 0.1) is 11.6 Å². The van der Waals surface area contributed by atoms with Gasteiger partial charge in [0.1, 0.15) is 11.6 Å². The molecule has 3 aromatic rings. The lowest BCUT2D eigenvalue weighted by Crippen LogP contribution is -2.48. The number of amidine groups is 1. The van der Waals surface area contributed by atoms with Crippen LogP contribution in [0.2, 0.25) is 0 Å². The van der Waals surface area contributed by atoms with Crippen LogP contribution < -0.4 is 10.2 Å². The maximum atomic E-state index is 13.6. The minimum Gasteiger partial charge on any atom is -0.369 e. The maximum absolute atomic E-state index is 13.6. The van der Waals surface area contributed by atoms with Crippen molar-refractivity contribution in [3.05, 3.63) is 101 Å². The number of piperazine rings is 1. The number of halogens is 2. The molecular formula is C27H25F2N5OS. The third-order valence-electron chi connectivity index (χ3n) is 6.25. The van der Waals surface area contributed by atoms with Gasteiger partial charge in [0.25, 0.3) is 0 Å². The summed E-state index contributed by atoms with van der Waals surface area (Å²) < 4.78 is 27.1. The molecule has 2 saturated heterocycles. The molecule has 0 aliphatic carbocycles.